The number of benzene rings is 1. The Hall–Kier alpha value is -2.55. The molecule has 6 nitrogen and oxygen atoms in total. The molecule has 1 aromatic carbocycles. The van der Waals surface area contributed by atoms with Gasteiger partial charge in [0, 0.05) is 5.69 Å². The molecule has 0 aromatic heterocycles. The third-order valence-corrected chi connectivity index (χ3v) is 4.61. The number of nitriles is 1. The second-order valence-electron chi connectivity index (χ2n) is 6.09. The zero-order valence-electron chi connectivity index (χ0n) is 12.8. The summed E-state index contributed by atoms with van der Waals surface area (Å²) in [4.78, 5) is 23.3. The first-order valence-corrected chi connectivity index (χ1v) is 7.94. The number of urea groups is 1. The number of nitrogens with zero attached hydrogens (tertiary/aromatic N) is 1. The third-order valence-electron chi connectivity index (χ3n) is 4.61. The smallest absolute Gasteiger partial charge is 0.327 e. The molecule has 0 fully saturated rings. The average Bonchev–Trinajstić information content (AvgIpc) is 3.14. The van der Waals surface area contributed by atoms with Crippen molar-refractivity contribution >= 4 is 17.7 Å². The van der Waals surface area contributed by atoms with Crippen molar-refractivity contribution in [2.24, 2.45) is 0 Å². The van der Waals surface area contributed by atoms with E-state index in [1.807, 2.05) is 0 Å². The van der Waals surface area contributed by atoms with Gasteiger partial charge in [0.1, 0.15) is 6.04 Å². The van der Waals surface area contributed by atoms with Crippen LogP contribution in [0.2, 0.25) is 0 Å². The SMILES string of the molecule is N#CC[C@@H](NC(=O)Nc1c2c(cc3c1CCC3)CCC2)C(=O)O. The van der Waals surface area contributed by atoms with Gasteiger partial charge in [-0.3, -0.25) is 0 Å². The fourth-order valence-corrected chi connectivity index (χ4v) is 3.57. The Bertz CT molecular complexity index is 674. The van der Waals surface area contributed by atoms with E-state index in [-0.39, 0.29) is 6.42 Å². The summed E-state index contributed by atoms with van der Waals surface area (Å²) in [6.45, 7) is 0. The quantitative estimate of drug-likeness (QED) is 0.792. The summed E-state index contributed by atoms with van der Waals surface area (Å²) in [6, 6.07) is 2.30. The van der Waals surface area contributed by atoms with Crippen LogP contribution in [0, 0.1) is 11.3 Å². The van der Waals surface area contributed by atoms with Crippen molar-refractivity contribution in [3.63, 3.8) is 0 Å². The molecular formula is C17H19N3O3. The van der Waals surface area contributed by atoms with Crippen molar-refractivity contribution in [1.82, 2.24) is 5.32 Å². The Morgan fingerprint density at radius 2 is 1.78 bits per heavy atom. The van der Waals surface area contributed by atoms with Crippen LogP contribution in [0.25, 0.3) is 0 Å². The Morgan fingerprint density at radius 3 is 2.30 bits per heavy atom. The molecule has 120 valence electrons. The van der Waals surface area contributed by atoms with E-state index in [1.54, 1.807) is 6.07 Å². The van der Waals surface area contributed by atoms with Gasteiger partial charge < -0.3 is 15.7 Å². The van der Waals surface area contributed by atoms with E-state index in [9.17, 15) is 9.59 Å². The highest BCUT2D eigenvalue weighted by atomic mass is 16.4. The van der Waals surface area contributed by atoms with Crippen molar-refractivity contribution in [1.29, 1.82) is 5.26 Å². The van der Waals surface area contributed by atoms with Crippen LogP contribution in [0.5, 0.6) is 0 Å². The summed E-state index contributed by atoms with van der Waals surface area (Å²) in [5, 5.41) is 22.9. The first kappa shape index (κ1) is 15.3. The molecule has 23 heavy (non-hydrogen) atoms. The van der Waals surface area contributed by atoms with E-state index in [4.69, 9.17) is 10.4 Å². The number of hydrogen-bond donors (Lipinski definition) is 3. The molecule has 3 N–H and O–H groups in total. The maximum atomic E-state index is 12.2. The molecule has 0 heterocycles. The van der Waals surface area contributed by atoms with Gasteiger partial charge in [0.25, 0.3) is 0 Å². The molecule has 0 unspecified atom stereocenters. The lowest BCUT2D eigenvalue weighted by Gasteiger charge is -2.18. The van der Waals surface area contributed by atoms with Gasteiger partial charge in [0.05, 0.1) is 12.5 Å². The highest BCUT2D eigenvalue weighted by molar-refractivity contribution is 5.94. The molecule has 1 aromatic rings. The van der Waals surface area contributed by atoms with E-state index in [1.165, 1.54) is 22.3 Å². The van der Waals surface area contributed by atoms with Crippen molar-refractivity contribution in [3.05, 3.63) is 28.3 Å². The number of carbonyl (C=O) groups excluding carboxylic acids is 1. The van der Waals surface area contributed by atoms with E-state index in [0.717, 1.165) is 44.2 Å². The van der Waals surface area contributed by atoms with Crippen LogP contribution in [0.3, 0.4) is 0 Å². The lowest BCUT2D eigenvalue weighted by Crippen LogP contribution is -2.43. The zero-order valence-corrected chi connectivity index (χ0v) is 12.8. The monoisotopic (exact) mass is 313 g/mol. The summed E-state index contributed by atoms with van der Waals surface area (Å²) in [6.07, 6.45) is 5.86. The number of fused-ring (bicyclic) bond motifs is 2. The lowest BCUT2D eigenvalue weighted by molar-refractivity contribution is -0.139. The highest BCUT2D eigenvalue weighted by Crippen LogP contribution is 2.38. The number of carboxylic acids is 1. The number of aryl methyl sites for hydroxylation is 2. The minimum Gasteiger partial charge on any atom is -0.480 e. The maximum Gasteiger partial charge on any atom is 0.327 e. The molecule has 2 aliphatic rings. The van der Waals surface area contributed by atoms with E-state index < -0.39 is 18.0 Å². The summed E-state index contributed by atoms with van der Waals surface area (Å²) < 4.78 is 0. The molecule has 1 atom stereocenters. The average molecular weight is 313 g/mol. The number of aliphatic carboxylic acids is 1. The van der Waals surface area contributed by atoms with Crippen LogP contribution in [0.4, 0.5) is 10.5 Å². The second-order valence-corrected chi connectivity index (χ2v) is 6.09. The molecule has 2 amide bonds. The normalized spacial score (nSPS) is 16.1. The Labute approximate surface area is 134 Å². The van der Waals surface area contributed by atoms with Crippen molar-refractivity contribution in [2.45, 2.75) is 51.0 Å². The number of rotatable bonds is 4. The third kappa shape index (κ3) is 3.00. The van der Waals surface area contributed by atoms with Gasteiger partial charge in [-0.1, -0.05) is 6.07 Å². The topological polar surface area (TPSA) is 102 Å². The van der Waals surface area contributed by atoms with Gasteiger partial charge in [-0.2, -0.15) is 5.26 Å². The van der Waals surface area contributed by atoms with Crippen LogP contribution in [-0.2, 0) is 30.5 Å². The van der Waals surface area contributed by atoms with Crippen molar-refractivity contribution in [3.8, 4) is 6.07 Å². The number of carboxylic acid groups (broad SMARTS) is 1. The van der Waals surface area contributed by atoms with Gasteiger partial charge in [-0.25, -0.2) is 9.59 Å². The minimum absolute atomic E-state index is 0.256. The number of amides is 2. The van der Waals surface area contributed by atoms with Crippen LogP contribution in [0.1, 0.15) is 41.5 Å². The Morgan fingerprint density at radius 1 is 1.17 bits per heavy atom. The molecule has 0 radical (unpaired) electrons. The van der Waals surface area contributed by atoms with E-state index in [0.29, 0.717) is 0 Å². The van der Waals surface area contributed by atoms with Crippen LogP contribution in [0.15, 0.2) is 6.07 Å². The fourth-order valence-electron chi connectivity index (χ4n) is 3.57. The highest BCUT2D eigenvalue weighted by Gasteiger charge is 2.26. The van der Waals surface area contributed by atoms with Crippen LogP contribution in [-0.4, -0.2) is 23.1 Å². The summed E-state index contributed by atoms with van der Waals surface area (Å²) in [5.74, 6) is -1.20. The first-order valence-electron chi connectivity index (χ1n) is 7.94. The Kier molecular flexibility index (Phi) is 4.20. The van der Waals surface area contributed by atoms with Crippen molar-refractivity contribution < 1.29 is 14.7 Å². The number of carbonyl (C=O) groups is 2. The van der Waals surface area contributed by atoms with Gasteiger partial charge in [-0.05, 0) is 60.8 Å². The van der Waals surface area contributed by atoms with Gasteiger partial charge in [0.15, 0.2) is 0 Å². The molecule has 0 saturated heterocycles. The summed E-state index contributed by atoms with van der Waals surface area (Å²) >= 11 is 0. The van der Waals surface area contributed by atoms with E-state index >= 15 is 0 Å². The van der Waals surface area contributed by atoms with Crippen LogP contribution >= 0.6 is 0 Å². The summed E-state index contributed by atoms with van der Waals surface area (Å²) in [7, 11) is 0. The maximum absolute atomic E-state index is 12.2. The predicted octanol–water partition coefficient (Wildman–Crippen LogP) is 2.15. The van der Waals surface area contributed by atoms with Gasteiger partial charge in [0.2, 0.25) is 0 Å². The molecule has 3 rings (SSSR count). The Balaban J connectivity index is 1.82. The first-order chi connectivity index (χ1) is 11.1. The predicted molar refractivity (Wildman–Crippen MR) is 84.3 cm³/mol. The summed E-state index contributed by atoms with van der Waals surface area (Å²) in [5.41, 5.74) is 5.84. The fraction of sp³-hybridized carbons (Fsp3) is 0.471. The molecular weight excluding hydrogens is 294 g/mol. The molecule has 0 spiro atoms. The number of hydrogen-bond acceptors (Lipinski definition) is 3. The number of nitrogens with one attached hydrogen (secondary N) is 2. The lowest BCUT2D eigenvalue weighted by atomic mass is 9.99. The molecule has 0 aliphatic heterocycles. The minimum atomic E-state index is -1.20. The molecule has 2 aliphatic carbocycles. The van der Waals surface area contributed by atoms with E-state index in [2.05, 4.69) is 16.7 Å². The second kappa shape index (κ2) is 6.29. The molecule has 0 saturated carbocycles. The zero-order chi connectivity index (χ0) is 16.4. The van der Waals surface area contributed by atoms with Crippen molar-refractivity contribution in [2.75, 3.05) is 5.32 Å². The number of anilines is 1. The van der Waals surface area contributed by atoms with Gasteiger partial charge >= 0.3 is 12.0 Å². The van der Waals surface area contributed by atoms with Gasteiger partial charge in [-0.15, -0.1) is 0 Å². The molecule has 0 bridgehead atoms. The van der Waals surface area contributed by atoms with Crippen LogP contribution < -0.4 is 10.6 Å². The molecule has 6 heteroatoms. The standard InChI is InChI=1S/C17H19N3O3/c18-8-7-14(16(21)22)19-17(23)20-15-12-5-1-3-10(12)9-11-4-2-6-13(11)15/h9,14H,1-7H2,(H,21,22)(H2,19,20,23)/t14-/m1/s1. The largest absolute Gasteiger partial charge is 0.480 e.